The van der Waals surface area contributed by atoms with E-state index in [9.17, 15) is 15.2 Å². The molecule has 3 rings (SSSR count). The summed E-state index contributed by atoms with van der Waals surface area (Å²) < 4.78 is 1.12. The van der Waals surface area contributed by atoms with Crippen LogP contribution in [0.4, 0.5) is 11.4 Å². The van der Waals surface area contributed by atoms with Crippen molar-refractivity contribution in [2.75, 3.05) is 11.9 Å². The minimum atomic E-state index is -0.471. The molecule has 0 saturated carbocycles. The second-order valence-corrected chi connectivity index (χ2v) is 7.26. The van der Waals surface area contributed by atoms with Gasteiger partial charge < -0.3 is 10.0 Å². The summed E-state index contributed by atoms with van der Waals surface area (Å²) in [5.41, 5.74) is 2.94. The van der Waals surface area contributed by atoms with E-state index in [4.69, 9.17) is 0 Å². The number of allylic oxidation sites excluding steroid dienone is 1. The van der Waals surface area contributed by atoms with E-state index >= 15 is 0 Å². The second kappa shape index (κ2) is 6.97. The van der Waals surface area contributed by atoms with Crippen molar-refractivity contribution in [3.8, 4) is 11.9 Å². The number of aromatic hydroxyl groups is 1. The number of benzene rings is 1. The standard InChI is InChI=1S/C21H23N5O2/c1-6-26-19(27)14(11-22)13(2)18(20(26)28)24-23-12-17-21(3,4)15-9-7-8-10-16(15)25(17)5/h7-10,12,27H,6H2,1-5H3/b17-12+,24-23?. The Balaban J connectivity index is 2.07. The molecule has 1 aromatic carbocycles. The number of anilines is 1. The van der Waals surface area contributed by atoms with Crippen molar-refractivity contribution in [2.24, 2.45) is 10.2 Å². The molecule has 0 atom stereocenters. The van der Waals surface area contributed by atoms with E-state index in [1.807, 2.05) is 25.2 Å². The maximum Gasteiger partial charge on any atom is 0.281 e. The van der Waals surface area contributed by atoms with E-state index in [1.165, 1.54) is 5.56 Å². The number of aromatic nitrogens is 1. The Bertz CT molecular complexity index is 1100. The topological polar surface area (TPSA) is 94.0 Å². The Labute approximate surface area is 163 Å². The Kier molecular flexibility index (Phi) is 4.82. The highest BCUT2D eigenvalue weighted by atomic mass is 16.3. The highest BCUT2D eigenvalue weighted by Crippen LogP contribution is 2.46. The van der Waals surface area contributed by atoms with Gasteiger partial charge in [-0.15, -0.1) is 5.11 Å². The van der Waals surface area contributed by atoms with Crippen LogP contribution in [0.1, 0.15) is 37.5 Å². The van der Waals surface area contributed by atoms with Crippen LogP contribution in [-0.4, -0.2) is 16.7 Å². The summed E-state index contributed by atoms with van der Waals surface area (Å²) >= 11 is 0. The third kappa shape index (κ3) is 2.78. The molecule has 1 aliphatic rings. The van der Waals surface area contributed by atoms with Gasteiger partial charge in [0.05, 0.1) is 6.20 Å². The van der Waals surface area contributed by atoms with Crippen LogP contribution in [-0.2, 0) is 12.0 Å². The van der Waals surface area contributed by atoms with E-state index in [2.05, 4.69) is 41.1 Å². The molecule has 0 fully saturated rings. The smallest absolute Gasteiger partial charge is 0.281 e. The first-order chi connectivity index (χ1) is 13.3. The lowest BCUT2D eigenvalue weighted by atomic mass is 9.84. The number of likely N-dealkylation sites (N-methyl/N-ethyl adjacent to an activating group) is 1. The molecule has 7 nitrogen and oxygen atoms in total. The number of hydrogen-bond acceptors (Lipinski definition) is 6. The molecule has 1 aliphatic heterocycles. The number of pyridine rings is 1. The summed E-state index contributed by atoms with van der Waals surface area (Å²) in [5, 5.41) is 27.7. The van der Waals surface area contributed by atoms with E-state index < -0.39 is 5.56 Å². The van der Waals surface area contributed by atoms with Crippen LogP contribution < -0.4 is 10.5 Å². The lowest BCUT2D eigenvalue weighted by Gasteiger charge is -2.22. The summed E-state index contributed by atoms with van der Waals surface area (Å²) in [7, 11) is 1.97. The number of nitrogens with zero attached hydrogens (tertiary/aromatic N) is 5. The SMILES string of the molecule is CCn1c(O)c(C#N)c(C)c(N=N/C=C2/N(C)c3ccccc3C2(C)C)c1=O. The summed E-state index contributed by atoms with van der Waals surface area (Å²) in [6.07, 6.45) is 1.65. The summed E-state index contributed by atoms with van der Waals surface area (Å²) in [6.45, 7) is 7.76. The molecule has 28 heavy (non-hydrogen) atoms. The van der Waals surface area contributed by atoms with Gasteiger partial charge >= 0.3 is 0 Å². The molecule has 0 amide bonds. The second-order valence-electron chi connectivity index (χ2n) is 7.26. The molecule has 144 valence electrons. The normalized spacial score (nSPS) is 16.6. The molecule has 0 aliphatic carbocycles. The molecule has 0 radical (unpaired) electrons. The first-order valence-electron chi connectivity index (χ1n) is 9.06. The molecule has 1 aromatic heterocycles. The first kappa shape index (κ1) is 19.4. The van der Waals surface area contributed by atoms with Crippen LogP contribution in [0.3, 0.4) is 0 Å². The Morgan fingerprint density at radius 2 is 2.00 bits per heavy atom. The molecule has 0 saturated heterocycles. The zero-order chi connectivity index (χ0) is 20.6. The average Bonchev–Trinajstić information content (AvgIpc) is 2.86. The van der Waals surface area contributed by atoms with Gasteiger partial charge in [-0.1, -0.05) is 32.0 Å². The van der Waals surface area contributed by atoms with Crippen LogP contribution in [0.5, 0.6) is 5.88 Å². The summed E-state index contributed by atoms with van der Waals surface area (Å²) in [4.78, 5) is 14.7. The molecule has 0 unspecified atom stereocenters. The maximum absolute atomic E-state index is 12.6. The molecule has 7 heteroatoms. The predicted octanol–water partition coefficient (Wildman–Crippen LogP) is 4.11. The molecule has 2 aromatic rings. The van der Waals surface area contributed by atoms with Gasteiger partial charge in [-0.25, -0.2) is 0 Å². The summed E-state index contributed by atoms with van der Waals surface area (Å²) in [5.74, 6) is -0.336. The van der Waals surface area contributed by atoms with Gasteiger partial charge in [0.25, 0.3) is 5.56 Å². The van der Waals surface area contributed by atoms with Crippen molar-refractivity contribution in [3.63, 3.8) is 0 Å². The molecular formula is C21H23N5O2. The van der Waals surface area contributed by atoms with E-state index in [1.54, 1.807) is 20.0 Å². The molecule has 0 bridgehead atoms. The van der Waals surface area contributed by atoms with Crippen molar-refractivity contribution < 1.29 is 5.11 Å². The predicted molar refractivity (Wildman–Crippen MR) is 108 cm³/mol. The third-order valence-corrected chi connectivity index (χ3v) is 5.36. The van der Waals surface area contributed by atoms with Gasteiger partial charge in [0, 0.05) is 36.0 Å². The monoisotopic (exact) mass is 377 g/mol. The van der Waals surface area contributed by atoms with Gasteiger partial charge in [-0.05, 0) is 25.5 Å². The van der Waals surface area contributed by atoms with Crippen LogP contribution in [0.15, 0.2) is 51.2 Å². The van der Waals surface area contributed by atoms with Gasteiger partial charge in [-0.2, -0.15) is 10.4 Å². The van der Waals surface area contributed by atoms with Gasteiger partial charge in [0.2, 0.25) is 5.88 Å². The minimum absolute atomic E-state index is 0.0359. The highest BCUT2D eigenvalue weighted by molar-refractivity contribution is 5.69. The van der Waals surface area contributed by atoms with Crippen LogP contribution in [0.25, 0.3) is 0 Å². The molecule has 1 N–H and O–H groups in total. The zero-order valence-electron chi connectivity index (χ0n) is 16.7. The van der Waals surface area contributed by atoms with Crippen LogP contribution in [0, 0.1) is 18.3 Å². The number of rotatable bonds is 3. The van der Waals surface area contributed by atoms with E-state index in [0.717, 1.165) is 16.0 Å². The lowest BCUT2D eigenvalue weighted by Crippen LogP contribution is -2.22. The van der Waals surface area contributed by atoms with Crippen LogP contribution in [0.2, 0.25) is 0 Å². The third-order valence-electron chi connectivity index (χ3n) is 5.36. The number of azo groups is 1. The van der Waals surface area contributed by atoms with Crippen molar-refractivity contribution in [2.45, 2.75) is 39.7 Å². The first-order valence-corrected chi connectivity index (χ1v) is 9.06. The molecular weight excluding hydrogens is 354 g/mol. The average molecular weight is 377 g/mol. The zero-order valence-corrected chi connectivity index (χ0v) is 16.7. The van der Waals surface area contributed by atoms with Gasteiger partial charge in [0.15, 0.2) is 5.69 Å². The number of fused-ring (bicyclic) bond motifs is 1. The van der Waals surface area contributed by atoms with E-state index in [-0.39, 0.29) is 29.1 Å². The highest BCUT2D eigenvalue weighted by Gasteiger charge is 2.38. The Hall–Kier alpha value is -3.40. The van der Waals surface area contributed by atoms with Crippen LogP contribution >= 0.6 is 0 Å². The largest absolute Gasteiger partial charge is 0.493 e. The van der Waals surface area contributed by atoms with Crippen molar-refractivity contribution >= 4 is 11.4 Å². The minimum Gasteiger partial charge on any atom is -0.493 e. The Morgan fingerprint density at radius 1 is 1.32 bits per heavy atom. The quantitative estimate of drug-likeness (QED) is 0.815. The van der Waals surface area contributed by atoms with Crippen molar-refractivity contribution in [3.05, 3.63) is 63.2 Å². The van der Waals surface area contributed by atoms with Gasteiger partial charge in [0.1, 0.15) is 11.6 Å². The number of para-hydroxylation sites is 1. The maximum atomic E-state index is 12.6. The molecule has 0 spiro atoms. The Morgan fingerprint density at radius 3 is 2.61 bits per heavy atom. The fourth-order valence-corrected chi connectivity index (χ4v) is 3.72. The molecule has 2 heterocycles. The number of nitriles is 1. The van der Waals surface area contributed by atoms with Crippen molar-refractivity contribution in [1.29, 1.82) is 5.26 Å². The lowest BCUT2D eigenvalue weighted by molar-refractivity contribution is 0.409. The van der Waals surface area contributed by atoms with E-state index in [0.29, 0.717) is 5.56 Å². The number of hydrogen-bond donors (Lipinski definition) is 1. The van der Waals surface area contributed by atoms with Crippen molar-refractivity contribution in [1.82, 2.24) is 4.57 Å². The fourth-order valence-electron chi connectivity index (χ4n) is 3.72. The van der Waals surface area contributed by atoms with Gasteiger partial charge in [-0.3, -0.25) is 9.36 Å². The summed E-state index contributed by atoms with van der Waals surface area (Å²) in [6, 6.07) is 10.1. The fraction of sp³-hybridized carbons (Fsp3) is 0.333.